The van der Waals surface area contributed by atoms with Crippen molar-refractivity contribution in [2.24, 2.45) is 28.2 Å². The Hall–Kier alpha value is -8.97. The van der Waals surface area contributed by atoms with Crippen molar-refractivity contribution >= 4 is 56.4 Å². The third-order valence-electron chi connectivity index (χ3n) is 13.3. The van der Waals surface area contributed by atoms with E-state index in [4.69, 9.17) is 30.5 Å². The van der Waals surface area contributed by atoms with Gasteiger partial charge >= 0.3 is 0 Å². The first-order chi connectivity index (χ1) is 38.9. The third-order valence-corrected chi connectivity index (χ3v) is 13.5. The Morgan fingerprint density at radius 2 is 1.06 bits per heavy atom. The molecule has 0 bridgehead atoms. The number of ether oxygens (including phenoxy) is 4. The topological polar surface area (TPSA) is 152 Å². The quantitative estimate of drug-likeness (QED) is 0.0426. The molecule has 0 spiro atoms. The molecule has 19 heteroatoms. The molecular weight excluding hydrogens is 1040 g/mol. The molecule has 0 amide bonds. The van der Waals surface area contributed by atoms with E-state index in [-0.39, 0.29) is 10.8 Å². The van der Waals surface area contributed by atoms with Gasteiger partial charge < -0.3 is 40.2 Å². The Bertz CT molecular complexity index is 3820. The van der Waals surface area contributed by atoms with Gasteiger partial charge in [-0.1, -0.05) is 11.6 Å². The number of halogens is 3. The van der Waals surface area contributed by atoms with Crippen molar-refractivity contribution in [3.05, 3.63) is 192 Å². The van der Waals surface area contributed by atoms with Crippen molar-refractivity contribution in [1.29, 1.82) is 0 Å². The minimum absolute atomic E-state index is 0.0243. The number of anilines is 4. The maximum absolute atomic E-state index is 13.7. The predicted octanol–water partition coefficient (Wildman–Crippen LogP) is 8.97. The summed E-state index contributed by atoms with van der Waals surface area (Å²) in [5.41, 5.74) is 10.2. The average Bonchev–Trinajstić information content (AvgIpc) is 3.46. The highest BCUT2D eigenvalue weighted by Crippen LogP contribution is 2.37. The molecule has 0 atom stereocenters. The molecule has 0 aliphatic carbocycles. The van der Waals surface area contributed by atoms with Gasteiger partial charge in [0.05, 0.1) is 30.3 Å². The predicted molar refractivity (Wildman–Crippen MR) is 304 cm³/mol. The first-order valence-electron chi connectivity index (χ1n) is 25.8. The van der Waals surface area contributed by atoms with Crippen LogP contribution >= 0.6 is 11.6 Å². The van der Waals surface area contributed by atoms with E-state index < -0.39 is 5.82 Å². The van der Waals surface area contributed by atoms with Crippen LogP contribution in [0.25, 0.3) is 44.6 Å². The number of pyridine rings is 4. The molecule has 6 aromatic heterocycles. The fourth-order valence-electron chi connectivity index (χ4n) is 9.06. The molecule has 4 N–H and O–H groups in total. The second kappa shape index (κ2) is 26.1. The van der Waals surface area contributed by atoms with Crippen LogP contribution in [0.3, 0.4) is 0 Å². The van der Waals surface area contributed by atoms with Crippen LogP contribution in [0.15, 0.2) is 159 Å². The van der Waals surface area contributed by atoms with E-state index in [9.17, 15) is 8.78 Å². The van der Waals surface area contributed by atoms with Crippen molar-refractivity contribution < 1.29 is 46.0 Å². The number of hydrogen-bond donors (Lipinski definition) is 4. The maximum Gasteiger partial charge on any atom is 0.281 e. The van der Waals surface area contributed by atoms with Crippen LogP contribution < -0.4 is 58.5 Å². The van der Waals surface area contributed by atoms with Gasteiger partial charge in [-0.05, 0) is 84.8 Å². The summed E-state index contributed by atoms with van der Waals surface area (Å²) in [5, 5.41) is 14.9. The summed E-state index contributed by atoms with van der Waals surface area (Å²) >= 11 is 5.94. The summed E-state index contributed by atoms with van der Waals surface area (Å²) in [6, 6.07) is 37.5. The van der Waals surface area contributed by atoms with Crippen molar-refractivity contribution in [2.45, 2.75) is 20.0 Å². The highest BCUT2D eigenvalue weighted by molar-refractivity contribution is 6.31. The number of fused-ring (bicyclic) bond motifs is 2. The number of nitrogens with one attached hydrogen (secondary N) is 4. The minimum Gasteiger partial charge on any atom is -0.493 e. The van der Waals surface area contributed by atoms with E-state index in [0.717, 1.165) is 39.2 Å². The monoisotopic (exact) mass is 1100 g/mol. The lowest BCUT2D eigenvalue weighted by atomic mass is 10.1. The first kappa shape index (κ1) is 55.8. The lowest BCUT2D eigenvalue weighted by molar-refractivity contribution is -0.690. The average molecular weight is 1100 g/mol. The molecular formula is C61H63ClF2N12O4+4. The van der Waals surface area contributed by atoms with Crippen molar-refractivity contribution in [1.82, 2.24) is 30.6 Å². The summed E-state index contributed by atoms with van der Waals surface area (Å²) in [6.45, 7) is 5.23. The third kappa shape index (κ3) is 13.5. The van der Waals surface area contributed by atoms with E-state index >= 15 is 0 Å². The molecule has 0 radical (unpaired) electrons. The zero-order chi connectivity index (χ0) is 56.1. The fourth-order valence-corrected chi connectivity index (χ4v) is 9.24. The van der Waals surface area contributed by atoms with Crippen molar-refractivity contribution in [2.75, 3.05) is 51.2 Å². The first-order valence-corrected chi connectivity index (χ1v) is 26.2. The number of rotatable bonds is 20. The Labute approximate surface area is 468 Å². The smallest absolute Gasteiger partial charge is 0.281 e. The molecule has 0 fully saturated rings. The fraction of sp³-hybridized carbons (Fsp3) is 0.213. The Morgan fingerprint density at radius 3 is 1.64 bits per heavy atom. The number of benzene rings is 4. The highest BCUT2D eigenvalue weighted by Gasteiger charge is 2.24. The van der Waals surface area contributed by atoms with Gasteiger partial charge in [0, 0.05) is 108 Å². The Balaban J connectivity index is 0.000000194. The number of nitrogens with zero attached hydrogens (tertiary/aromatic N) is 8. The highest BCUT2D eigenvalue weighted by atomic mass is 35.5. The van der Waals surface area contributed by atoms with E-state index in [1.54, 1.807) is 45.4 Å². The van der Waals surface area contributed by atoms with Gasteiger partial charge in [0.25, 0.3) is 22.8 Å². The van der Waals surface area contributed by atoms with Gasteiger partial charge in [0.1, 0.15) is 77.3 Å². The van der Waals surface area contributed by atoms with Crippen LogP contribution in [0, 0.1) is 18.6 Å². The van der Waals surface area contributed by atoms with Crippen LogP contribution in [-0.4, -0.2) is 60.5 Å². The molecule has 0 aliphatic rings. The van der Waals surface area contributed by atoms with Crippen molar-refractivity contribution in [3.8, 4) is 45.8 Å². The molecule has 408 valence electrons. The summed E-state index contributed by atoms with van der Waals surface area (Å²) in [5.74, 6) is 2.71. The summed E-state index contributed by atoms with van der Waals surface area (Å²) in [7, 11) is 11.4. The number of aromatic nitrogens is 8. The second-order valence-electron chi connectivity index (χ2n) is 18.8. The largest absolute Gasteiger partial charge is 0.493 e. The molecule has 16 nitrogen and oxygen atoms in total. The number of methoxy groups -OCH3 is 2. The Morgan fingerprint density at radius 1 is 0.512 bits per heavy atom. The second-order valence-corrected chi connectivity index (χ2v) is 19.2. The Kier molecular flexibility index (Phi) is 18.2. The van der Waals surface area contributed by atoms with Crippen LogP contribution in [0.5, 0.6) is 23.0 Å². The summed E-state index contributed by atoms with van der Waals surface area (Å²) in [6.07, 6.45) is 11.2. The van der Waals surface area contributed by atoms with Gasteiger partial charge in [0.15, 0.2) is 47.8 Å². The van der Waals surface area contributed by atoms with E-state index in [1.165, 1.54) is 42.0 Å². The van der Waals surface area contributed by atoms with Crippen LogP contribution in [0.2, 0.25) is 5.02 Å². The van der Waals surface area contributed by atoms with Gasteiger partial charge in [-0.15, -0.1) is 0 Å². The zero-order valence-corrected chi connectivity index (χ0v) is 46.4. The number of aryl methyl sites for hydroxylation is 5. The van der Waals surface area contributed by atoms with Crippen LogP contribution in [0.1, 0.15) is 16.7 Å². The van der Waals surface area contributed by atoms with Gasteiger partial charge in [-0.3, -0.25) is 0 Å². The maximum atomic E-state index is 13.7. The zero-order valence-electron chi connectivity index (χ0n) is 45.6. The molecule has 0 aliphatic heterocycles. The summed E-state index contributed by atoms with van der Waals surface area (Å²) < 4.78 is 59.2. The molecule has 0 saturated heterocycles. The molecule has 80 heavy (non-hydrogen) atoms. The van der Waals surface area contributed by atoms with E-state index in [0.29, 0.717) is 96.3 Å². The van der Waals surface area contributed by atoms with E-state index in [2.05, 4.69) is 135 Å². The van der Waals surface area contributed by atoms with Crippen LogP contribution in [0.4, 0.5) is 31.8 Å². The van der Waals surface area contributed by atoms with E-state index in [1.807, 2.05) is 56.7 Å². The van der Waals surface area contributed by atoms with Gasteiger partial charge in [0.2, 0.25) is 0 Å². The minimum atomic E-state index is -0.485. The SMILES string of the molecule is COc1cc2ncnc(Nc3ccc(F)c(C)c3)c2cc1OCCNCc1ccc[n+](C)c1-c1cccc[n+]1C.COc1cc2ncnc(Nc3ccc(F)c(Cl)c3)c2cc1OCCNCc1cc[n+](C)c(-c2cccc[n+]2C)c1. The summed E-state index contributed by atoms with van der Waals surface area (Å²) in [4.78, 5) is 17.5. The molecule has 10 rings (SSSR count). The molecule has 6 heterocycles. The van der Waals surface area contributed by atoms with Gasteiger partial charge in [-0.25, -0.2) is 28.7 Å². The van der Waals surface area contributed by atoms with Crippen LogP contribution in [-0.2, 0) is 41.3 Å². The number of hydrogen-bond acceptors (Lipinski definition) is 12. The molecule has 0 saturated carbocycles. The lowest BCUT2D eigenvalue weighted by Gasteiger charge is -2.14. The standard InChI is InChI=1S/C31H33FN6O2.C30H30ClFN6O2/c1-21-16-23(10-11-25(21)32)36-31-24-17-29(28(39-4)18-26(24)34-20-35-31)40-15-12-33-19-22-8-7-14-38(3)30(22)27-9-5-6-13-37(27)2;1-37-11-5-4-6-26(37)27-14-20(9-12-38(27)2)18-33-10-13-40-29-16-22-25(17-28(29)39-3)34-19-35-30(22)36-21-7-8-24(32)23(31)15-21/h5-11,13-14,16-18,20,33H,12,15,19H2,1-4H3,(H,34,35,36);4-9,11-12,14-17,19,33H,10,13,18H2,1-3H3,(H,34,35,36)/q2*+2. The molecule has 4 aromatic carbocycles. The molecule has 10 aromatic rings. The normalized spacial score (nSPS) is 11.0. The van der Waals surface area contributed by atoms with Gasteiger partial charge in [-0.2, -0.15) is 18.3 Å². The lowest BCUT2D eigenvalue weighted by Crippen LogP contribution is -2.39. The van der Waals surface area contributed by atoms with Crippen molar-refractivity contribution in [3.63, 3.8) is 0 Å². The molecule has 0 unspecified atom stereocenters.